The van der Waals surface area contributed by atoms with Crippen LogP contribution in [0.5, 0.6) is 0 Å². The first-order valence-corrected chi connectivity index (χ1v) is 12.8. The van der Waals surface area contributed by atoms with Crippen LogP contribution in [-0.4, -0.2) is 11.8 Å². The van der Waals surface area contributed by atoms with Crippen LogP contribution in [0.2, 0.25) is 0 Å². The molecule has 0 atom stereocenters. The molecule has 0 heterocycles. The Hall–Kier alpha value is 0.730. The summed E-state index contributed by atoms with van der Waals surface area (Å²) in [6.45, 7) is 0. The van der Waals surface area contributed by atoms with Gasteiger partial charge in [-0.15, -0.1) is 0 Å². The number of halogens is 1. The molecular weight excluding hydrogens is 343 g/mol. The molecule has 3 fully saturated rings. The van der Waals surface area contributed by atoms with Gasteiger partial charge in [0.2, 0.25) is 0 Å². The van der Waals surface area contributed by atoms with Gasteiger partial charge in [-0.1, -0.05) is 0 Å². The molecule has 112 valence electrons. The van der Waals surface area contributed by atoms with E-state index in [0.29, 0.717) is 0 Å². The van der Waals surface area contributed by atoms with Crippen molar-refractivity contribution in [3.05, 3.63) is 0 Å². The second-order valence-corrected chi connectivity index (χ2v) is 14.5. The van der Waals surface area contributed by atoms with Gasteiger partial charge in [-0.05, 0) is 0 Å². The van der Waals surface area contributed by atoms with E-state index in [0.717, 1.165) is 0 Å². The van der Waals surface area contributed by atoms with Gasteiger partial charge in [0.25, 0.3) is 0 Å². The molecule has 0 aliphatic heterocycles. The Morgan fingerprint density at radius 3 is 0.895 bits per heavy atom. The Balaban J connectivity index is 1.68. The van der Waals surface area contributed by atoms with E-state index >= 15 is 0 Å². The van der Waals surface area contributed by atoms with Gasteiger partial charge in [0.05, 0.1) is 0 Å². The van der Waals surface area contributed by atoms with E-state index in [1.807, 2.05) is 0 Å². The van der Waals surface area contributed by atoms with E-state index in [1.165, 1.54) is 11.8 Å². The molecule has 0 bridgehead atoms. The average molecular weight is 376 g/mol. The van der Waals surface area contributed by atoms with E-state index in [1.54, 1.807) is 96.3 Å². The van der Waals surface area contributed by atoms with Crippen molar-refractivity contribution in [1.29, 1.82) is 0 Å². The molecule has 0 spiro atoms. The monoisotopic (exact) mass is 376 g/mol. The molecule has 0 nitrogen and oxygen atoms in total. The topological polar surface area (TPSA) is 0 Å². The van der Waals surface area contributed by atoms with Gasteiger partial charge >= 0.3 is 128 Å². The summed E-state index contributed by atoms with van der Waals surface area (Å²) in [7, 11) is 0. The molecule has 19 heavy (non-hydrogen) atoms. The molecule has 3 aliphatic carbocycles. The standard InChI is InChI=1S/C18H33I/c1-4-10-16(11-5-1)19(17-12-6-2-7-13-17)18-14-8-3-9-15-18/h16-18H,1-15H2. The summed E-state index contributed by atoms with van der Waals surface area (Å²) in [5.41, 5.74) is 0. The van der Waals surface area contributed by atoms with Crippen LogP contribution in [0.1, 0.15) is 96.3 Å². The van der Waals surface area contributed by atoms with Crippen molar-refractivity contribution in [2.75, 3.05) is 0 Å². The average Bonchev–Trinajstić information content (AvgIpc) is 2.51. The van der Waals surface area contributed by atoms with E-state index in [4.69, 9.17) is 0 Å². The Kier molecular flexibility index (Phi) is 5.91. The summed E-state index contributed by atoms with van der Waals surface area (Å²) in [4.78, 5) is 0. The van der Waals surface area contributed by atoms with Crippen molar-refractivity contribution in [1.82, 2.24) is 0 Å². The zero-order valence-corrected chi connectivity index (χ0v) is 14.9. The number of alkyl halides is 3. The van der Waals surface area contributed by atoms with Crippen LogP contribution in [0.25, 0.3) is 0 Å². The Bertz CT molecular complexity index is 202. The van der Waals surface area contributed by atoms with Gasteiger partial charge in [-0.2, -0.15) is 0 Å². The Morgan fingerprint density at radius 2 is 0.632 bits per heavy atom. The van der Waals surface area contributed by atoms with Crippen molar-refractivity contribution in [2.24, 2.45) is 0 Å². The van der Waals surface area contributed by atoms with Crippen molar-refractivity contribution in [3.63, 3.8) is 0 Å². The first-order chi connectivity index (χ1) is 9.45. The molecule has 0 N–H and O–H groups in total. The van der Waals surface area contributed by atoms with Crippen LogP contribution < -0.4 is 0 Å². The van der Waals surface area contributed by atoms with Gasteiger partial charge in [0, 0.05) is 0 Å². The van der Waals surface area contributed by atoms with Gasteiger partial charge in [0.1, 0.15) is 0 Å². The van der Waals surface area contributed by atoms with Gasteiger partial charge < -0.3 is 0 Å². The zero-order valence-electron chi connectivity index (χ0n) is 12.7. The van der Waals surface area contributed by atoms with E-state index in [-0.39, 0.29) is 0 Å². The molecule has 3 saturated carbocycles. The Labute approximate surface area is 127 Å². The minimum atomic E-state index is -0.685. The molecule has 0 aromatic carbocycles. The molecule has 3 rings (SSSR count). The number of hydrogen-bond donors (Lipinski definition) is 0. The normalized spacial score (nSPS) is 29.4. The van der Waals surface area contributed by atoms with Crippen LogP contribution in [0, 0.1) is 0 Å². The SMILES string of the molecule is C1CCC(I(C2CCCCC2)C2CCCCC2)CC1. The third kappa shape index (κ3) is 3.89. The summed E-state index contributed by atoms with van der Waals surface area (Å²) in [6.07, 6.45) is 24.0. The molecule has 1 heteroatoms. The first kappa shape index (κ1) is 14.7. The maximum atomic E-state index is 1.65. The zero-order chi connectivity index (χ0) is 12.9. The molecule has 0 unspecified atom stereocenters. The summed E-state index contributed by atoms with van der Waals surface area (Å²) in [5.74, 6) is 0. The van der Waals surface area contributed by atoms with Gasteiger partial charge in [0.15, 0.2) is 0 Å². The predicted octanol–water partition coefficient (Wildman–Crippen LogP) is 6.49. The van der Waals surface area contributed by atoms with Crippen molar-refractivity contribution in [3.8, 4) is 0 Å². The molecule has 0 aromatic heterocycles. The summed E-state index contributed by atoms with van der Waals surface area (Å²) in [5, 5.41) is 0. The van der Waals surface area contributed by atoms with Gasteiger partial charge in [-0.3, -0.25) is 0 Å². The molecule has 3 aliphatic rings. The summed E-state index contributed by atoms with van der Waals surface area (Å²) < 4.78 is 3.84. The second kappa shape index (κ2) is 7.66. The van der Waals surface area contributed by atoms with Crippen molar-refractivity contribution in [2.45, 2.75) is 108 Å². The third-order valence-corrected chi connectivity index (χ3v) is 15.5. The second-order valence-electron chi connectivity index (χ2n) is 7.08. The van der Waals surface area contributed by atoms with Crippen LogP contribution in [0.3, 0.4) is 0 Å². The molecule has 0 aromatic rings. The van der Waals surface area contributed by atoms with Crippen LogP contribution in [0.4, 0.5) is 0 Å². The first-order valence-electron chi connectivity index (χ1n) is 9.10. The third-order valence-electron chi connectivity index (χ3n) is 5.67. The summed E-state index contributed by atoms with van der Waals surface area (Å²) in [6, 6.07) is 0. The molecule has 0 radical (unpaired) electrons. The quantitative estimate of drug-likeness (QED) is 0.390. The van der Waals surface area contributed by atoms with E-state index in [2.05, 4.69) is 0 Å². The van der Waals surface area contributed by atoms with Gasteiger partial charge in [-0.25, -0.2) is 0 Å². The number of rotatable bonds is 3. The van der Waals surface area contributed by atoms with Crippen LogP contribution in [0.15, 0.2) is 0 Å². The van der Waals surface area contributed by atoms with Crippen LogP contribution in [-0.2, 0) is 0 Å². The van der Waals surface area contributed by atoms with Crippen LogP contribution >= 0.6 is 19.8 Å². The van der Waals surface area contributed by atoms with E-state index < -0.39 is 19.8 Å². The predicted molar refractivity (Wildman–Crippen MR) is 94.6 cm³/mol. The minimum absolute atomic E-state index is 0.685. The maximum absolute atomic E-state index is 1.65. The van der Waals surface area contributed by atoms with Crippen molar-refractivity contribution >= 4 is 19.8 Å². The molecule has 0 amide bonds. The fourth-order valence-corrected chi connectivity index (χ4v) is 15.9. The van der Waals surface area contributed by atoms with E-state index in [9.17, 15) is 0 Å². The molecule has 0 saturated heterocycles. The Morgan fingerprint density at radius 1 is 0.368 bits per heavy atom. The number of hydrogen-bond acceptors (Lipinski definition) is 0. The van der Waals surface area contributed by atoms with Crippen molar-refractivity contribution < 1.29 is 0 Å². The summed E-state index contributed by atoms with van der Waals surface area (Å²) >= 11 is -0.685. The fraction of sp³-hybridized carbons (Fsp3) is 1.00. The fourth-order valence-electron chi connectivity index (χ4n) is 4.67. The molecular formula is C18H33I.